The van der Waals surface area contributed by atoms with Crippen LogP contribution in [0.2, 0.25) is 0 Å². The maximum Gasteiger partial charge on any atom is 0.258 e. The van der Waals surface area contributed by atoms with Gasteiger partial charge in [-0.05, 0) is 50.2 Å². The van der Waals surface area contributed by atoms with Crippen molar-refractivity contribution in [2.45, 2.75) is 57.9 Å². The molecule has 1 amide bonds. The van der Waals surface area contributed by atoms with Gasteiger partial charge in [-0.2, -0.15) is 9.61 Å². The van der Waals surface area contributed by atoms with Gasteiger partial charge in [0.25, 0.3) is 5.91 Å². The number of fused-ring (bicyclic) bond motifs is 1. The summed E-state index contributed by atoms with van der Waals surface area (Å²) >= 11 is 0. The van der Waals surface area contributed by atoms with Gasteiger partial charge in [-0.15, -0.1) is 0 Å². The third-order valence-electron chi connectivity index (χ3n) is 6.18. The molecule has 0 radical (unpaired) electrons. The molecule has 1 aliphatic rings. The fraction of sp³-hybridized carbons (Fsp3) is 0.478. The minimum atomic E-state index is -0.238. The summed E-state index contributed by atoms with van der Waals surface area (Å²) < 4.78 is 1.71. The number of amides is 1. The second-order valence-electron chi connectivity index (χ2n) is 8.20. The first kappa shape index (κ1) is 21.2. The number of nitrogens with zero attached hydrogens (tertiary/aromatic N) is 5. The van der Waals surface area contributed by atoms with Crippen LogP contribution >= 0.6 is 0 Å². The molecular weight excluding hydrogens is 392 g/mol. The standard InChI is InChI=1S/C23H30N6O2/c1-3-16(2)19-15-25-29-21(27-23(31)17-7-6-10-24-14-17)13-20(26-22(19)29)28-11-5-4-8-18(28)9-12-30/h6-7,10,13-16,18,30H,3-5,8-9,11-12H2,1-2H3,(H,27,31). The summed E-state index contributed by atoms with van der Waals surface area (Å²) in [7, 11) is 0. The zero-order chi connectivity index (χ0) is 21.8. The summed E-state index contributed by atoms with van der Waals surface area (Å²) in [6, 6.07) is 5.61. The molecule has 3 aromatic rings. The molecule has 8 heteroatoms. The fourth-order valence-electron chi connectivity index (χ4n) is 4.21. The van der Waals surface area contributed by atoms with Crippen molar-refractivity contribution in [1.82, 2.24) is 19.6 Å². The number of pyridine rings is 1. The molecule has 2 atom stereocenters. The number of anilines is 2. The predicted molar refractivity (Wildman–Crippen MR) is 121 cm³/mol. The van der Waals surface area contributed by atoms with Crippen molar-refractivity contribution in [3.8, 4) is 0 Å². The minimum Gasteiger partial charge on any atom is -0.396 e. The summed E-state index contributed by atoms with van der Waals surface area (Å²) in [4.78, 5) is 24.1. The van der Waals surface area contributed by atoms with E-state index in [9.17, 15) is 9.90 Å². The van der Waals surface area contributed by atoms with E-state index in [0.29, 0.717) is 23.7 Å². The highest BCUT2D eigenvalue weighted by Crippen LogP contribution is 2.31. The molecule has 4 heterocycles. The summed E-state index contributed by atoms with van der Waals surface area (Å²) in [5.74, 6) is 1.46. The molecule has 3 aromatic heterocycles. The van der Waals surface area contributed by atoms with Crippen LogP contribution in [-0.4, -0.2) is 49.8 Å². The number of aliphatic hydroxyl groups is 1. The minimum absolute atomic E-state index is 0.152. The Morgan fingerprint density at radius 2 is 2.23 bits per heavy atom. The van der Waals surface area contributed by atoms with Crippen LogP contribution in [0.1, 0.15) is 67.8 Å². The first-order valence-electron chi connectivity index (χ1n) is 11.1. The van der Waals surface area contributed by atoms with Gasteiger partial charge in [0.05, 0.1) is 11.8 Å². The molecule has 0 saturated carbocycles. The Labute approximate surface area is 182 Å². The summed E-state index contributed by atoms with van der Waals surface area (Å²) in [5.41, 5.74) is 2.32. The molecule has 31 heavy (non-hydrogen) atoms. The Hall–Kier alpha value is -3.00. The van der Waals surface area contributed by atoms with E-state index >= 15 is 0 Å². The Morgan fingerprint density at radius 1 is 1.35 bits per heavy atom. The molecule has 2 N–H and O–H groups in total. The Kier molecular flexibility index (Phi) is 6.46. The SMILES string of the molecule is CCC(C)c1cnn2c(NC(=O)c3cccnc3)cc(N3CCCCC3CCO)nc12. The topological polar surface area (TPSA) is 95.7 Å². The highest BCUT2D eigenvalue weighted by atomic mass is 16.3. The Balaban J connectivity index is 1.78. The molecule has 0 aromatic carbocycles. The van der Waals surface area contributed by atoms with Crippen LogP contribution in [-0.2, 0) is 0 Å². The van der Waals surface area contributed by atoms with Crippen molar-refractivity contribution >= 4 is 23.2 Å². The third kappa shape index (κ3) is 4.39. The van der Waals surface area contributed by atoms with E-state index in [0.717, 1.165) is 49.3 Å². The average Bonchev–Trinajstić information content (AvgIpc) is 3.24. The molecule has 0 aliphatic carbocycles. The molecule has 0 bridgehead atoms. The van der Waals surface area contributed by atoms with Crippen molar-refractivity contribution < 1.29 is 9.90 Å². The van der Waals surface area contributed by atoms with Crippen LogP contribution in [0.15, 0.2) is 36.8 Å². The largest absolute Gasteiger partial charge is 0.396 e. The number of carbonyl (C=O) groups is 1. The van der Waals surface area contributed by atoms with Gasteiger partial charge in [0.2, 0.25) is 0 Å². The highest BCUT2D eigenvalue weighted by molar-refractivity contribution is 6.03. The number of nitrogens with one attached hydrogen (secondary N) is 1. The van der Waals surface area contributed by atoms with E-state index in [1.54, 1.807) is 29.0 Å². The quantitative estimate of drug-likeness (QED) is 0.604. The lowest BCUT2D eigenvalue weighted by Gasteiger charge is -2.36. The first-order chi connectivity index (χ1) is 15.1. The number of hydrogen-bond donors (Lipinski definition) is 2. The Morgan fingerprint density at radius 3 is 2.97 bits per heavy atom. The van der Waals surface area contributed by atoms with Crippen LogP contribution in [0, 0.1) is 0 Å². The number of hydrogen-bond acceptors (Lipinski definition) is 6. The van der Waals surface area contributed by atoms with Gasteiger partial charge < -0.3 is 15.3 Å². The zero-order valence-electron chi connectivity index (χ0n) is 18.2. The van der Waals surface area contributed by atoms with Crippen molar-refractivity contribution in [2.75, 3.05) is 23.4 Å². The number of aliphatic hydroxyl groups excluding tert-OH is 1. The van der Waals surface area contributed by atoms with Crippen molar-refractivity contribution in [1.29, 1.82) is 0 Å². The van der Waals surface area contributed by atoms with E-state index in [4.69, 9.17) is 4.98 Å². The van der Waals surface area contributed by atoms with Gasteiger partial charge in [-0.3, -0.25) is 9.78 Å². The summed E-state index contributed by atoms with van der Waals surface area (Å²) in [6.45, 7) is 5.34. The molecule has 164 valence electrons. The van der Waals surface area contributed by atoms with E-state index in [-0.39, 0.29) is 18.6 Å². The maximum absolute atomic E-state index is 12.8. The fourth-order valence-corrected chi connectivity index (χ4v) is 4.21. The van der Waals surface area contributed by atoms with E-state index in [2.05, 4.69) is 34.1 Å². The lowest BCUT2D eigenvalue weighted by atomic mass is 9.99. The number of carbonyl (C=O) groups excluding carboxylic acids is 1. The molecule has 1 saturated heterocycles. The maximum atomic E-state index is 12.8. The monoisotopic (exact) mass is 422 g/mol. The lowest BCUT2D eigenvalue weighted by Crippen LogP contribution is -2.40. The van der Waals surface area contributed by atoms with Gasteiger partial charge in [-0.1, -0.05) is 13.8 Å². The summed E-state index contributed by atoms with van der Waals surface area (Å²) in [6.07, 6.45) is 9.99. The second-order valence-corrected chi connectivity index (χ2v) is 8.20. The zero-order valence-corrected chi connectivity index (χ0v) is 18.2. The Bertz CT molecular complexity index is 1030. The highest BCUT2D eigenvalue weighted by Gasteiger charge is 2.26. The van der Waals surface area contributed by atoms with Crippen LogP contribution in [0.3, 0.4) is 0 Å². The number of piperidine rings is 1. The van der Waals surface area contributed by atoms with Crippen LogP contribution in [0.4, 0.5) is 11.6 Å². The van der Waals surface area contributed by atoms with Crippen LogP contribution < -0.4 is 10.2 Å². The smallest absolute Gasteiger partial charge is 0.258 e. The van der Waals surface area contributed by atoms with Crippen LogP contribution in [0.5, 0.6) is 0 Å². The molecule has 0 spiro atoms. The molecule has 8 nitrogen and oxygen atoms in total. The lowest BCUT2D eigenvalue weighted by molar-refractivity contribution is 0.102. The van der Waals surface area contributed by atoms with E-state index < -0.39 is 0 Å². The van der Waals surface area contributed by atoms with Crippen LogP contribution in [0.25, 0.3) is 5.65 Å². The first-order valence-corrected chi connectivity index (χ1v) is 11.1. The molecule has 1 fully saturated rings. The molecule has 1 aliphatic heterocycles. The second kappa shape index (κ2) is 9.43. The normalized spacial score (nSPS) is 17.6. The summed E-state index contributed by atoms with van der Waals surface area (Å²) in [5, 5.41) is 17.1. The van der Waals surface area contributed by atoms with Crippen molar-refractivity contribution in [3.63, 3.8) is 0 Å². The molecule has 4 rings (SSSR count). The number of rotatable bonds is 7. The van der Waals surface area contributed by atoms with Crippen molar-refractivity contribution in [3.05, 3.63) is 47.9 Å². The predicted octanol–water partition coefficient (Wildman–Crippen LogP) is 3.63. The van der Waals surface area contributed by atoms with E-state index in [1.807, 2.05) is 12.3 Å². The third-order valence-corrected chi connectivity index (χ3v) is 6.18. The molecular formula is C23H30N6O2. The van der Waals surface area contributed by atoms with Gasteiger partial charge in [0, 0.05) is 43.2 Å². The van der Waals surface area contributed by atoms with Gasteiger partial charge in [0.1, 0.15) is 11.6 Å². The van der Waals surface area contributed by atoms with Crippen molar-refractivity contribution in [2.24, 2.45) is 0 Å². The van der Waals surface area contributed by atoms with Gasteiger partial charge in [0.15, 0.2) is 5.65 Å². The van der Waals surface area contributed by atoms with Gasteiger partial charge >= 0.3 is 0 Å². The number of aromatic nitrogens is 4. The van der Waals surface area contributed by atoms with E-state index in [1.165, 1.54) is 0 Å². The molecule has 2 unspecified atom stereocenters. The average molecular weight is 423 g/mol. The van der Waals surface area contributed by atoms with Gasteiger partial charge in [-0.25, -0.2) is 4.98 Å².